The zero-order valence-electron chi connectivity index (χ0n) is 11.6. The summed E-state index contributed by atoms with van der Waals surface area (Å²) in [7, 11) is 1.67. The molecule has 6 heteroatoms. The van der Waals surface area contributed by atoms with Crippen molar-refractivity contribution in [3.8, 4) is 0 Å². The molecule has 0 radical (unpaired) electrons. The molecule has 1 heterocycles. The number of methoxy groups -OCH3 is 1. The molecule has 1 saturated heterocycles. The van der Waals surface area contributed by atoms with Gasteiger partial charge in [0.2, 0.25) is 0 Å². The highest BCUT2D eigenvalue weighted by Gasteiger charge is 2.33. The fourth-order valence-corrected chi connectivity index (χ4v) is 2.80. The maximum atomic E-state index is 12.5. The lowest BCUT2D eigenvalue weighted by molar-refractivity contribution is -0.0440. The number of benzene rings is 1. The van der Waals surface area contributed by atoms with E-state index in [0.29, 0.717) is 29.4 Å². The normalized spacial score (nSPS) is 22.9. The topological polar surface area (TPSA) is 55.6 Å². The Bertz CT molecular complexity index is 513. The van der Waals surface area contributed by atoms with E-state index in [0.717, 1.165) is 12.8 Å². The Kier molecular flexibility index (Phi) is 4.47. The number of carbonyl (C=O) groups is 1. The lowest BCUT2D eigenvalue weighted by atomic mass is 9.94. The highest BCUT2D eigenvalue weighted by molar-refractivity contribution is 6.43. The van der Waals surface area contributed by atoms with Crippen LogP contribution in [0.3, 0.4) is 0 Å². The van der Waals surface area contributed by atoms with Gasteiger partial charge in [0.1, 0.15) is 0 Å². The van der Waals surface area contributed by atoms with Crippen molar-refractivity contribution in [3.63, 3.8) is 0 Å². The standard InChI is InChI=1S/C14H18Cl2N2O2/c1-14(20-2)4-3-5-18(8-14)13(19)9-6-10(15)12(16)11(17)7-9/h6-7H,3-5,8,17H2,1-2H3. The fourth-order valence-electron chi connectivity index (χ4n) is 2.46. The second-order valence-electron chi connectivity index (χ2n) is 5.35. The van der Waals surface area contributed by atoms with Gasteiger partial charge in [-0.2, -0.15) is 0 Å². The Morgan fingerprint density at radius 2 is 2.15 bits per heavy atom. The van der Waals surface area contributed by atoms with Crippen molar-refractivity contribution in [1.29, 1.82) is 0 Å². The molecule has 1 fully saturated rings. The van der Waals surface area contributed by atoms with Crippen molar-refractivity contribution in [1.82, 2.24) is 4.90 Å². The van der Waals surface area contributed by atoms with Crippen molar-refractivity contribution >= 4 is 34.8 Å². The molecule has 2 rings (SSSR count). The number of amides is 1. The first-order chi connectivity index (χ1) is 9.36. The summed E-state index contributed by atoms with van der Waals surface area (Å²) in [5.74, 6) is -0.0989. The summed E-state index contributed by atoms with van der Waals surface area (Å²) in [4.78, 5) is 14.3. The lowest BCUT2D eigenvalue weighted by Gasteiger charge is -2.39. The Morgan fingerprint density at radius 3 is 2.75 bits per heavy atom. The average Bonchev–Trinajstić information content (AvgIpc) is 2.43. The first-order valence-electron chi connectivity index (χ1n) is 6.45. The van der Waals surface area contributed by atoms with Gasteiger partial charge in [0.05, 0.1) is 21.3 Å². The van der Waals surface area contributed by atoms with Crippen LogP contribution in [-0.4, -0.2) is 36.6 Å². The first-order valence-corrected chi connectivity index (χ1v) is 7.21. The second-order valence-corrected chi connectivity index (χ2v) is 6.13. The van der Waals surface area contributed by atoms with E-state index in [1.54, 1.807) is 24.1 Å². The smallest absolute Gasteiger partial charge is 0.254 e. The summed E-state index contributed by atoms with van der Waals surface area (Å²) in [5.41, 5.74) is 6.23. The third kappa shape index (κ3) is 3.03. The Hall–Kier alpha value is -0.970. The van der Waals surface area contributed by atoms with Crippen molar-refractivity contribution in [2.45, 2.75) is 25.4 Å². The second kappa shape index (κ2) is 5.80. The van der Waals surface area contributed by atoms with Crippen LogP contribution in [0.2, 0.25) is 10.0 Å². The van der Waals surface area contributed by atoms with E-state index >= 15 is 0 Å². The third-order valence-electron chi connectivity index (χ3n) is 3.74. The number of anilines is 1. The SMILES string of the molecule is COC1(C)CCCN(C(=O)c2cc(N)c(Cl)c(Cl)c2)C1. The van der Waals surface area contributed by atoms with E-state index in [-0.39, 0.29) is 16.5 Å². The molecule has 0 aromatic heterocycles. The van der Waals surface area contributed by atoms with Crippen LogP contribution < -0.4 is 5.73 Å². The van der Waals surface area contributed by atoms with Crippen molar-refractivity contribution in [2.75, 3.05) is 25.9 Å². The molecule has 1 aliphatic rings. The van der Waals surface area contributed by atoms with Crippen molar-refractivity contribution in [3.05, 3.63) is 27.7 Å². The highest BCUT2D eigenvalue weighted by atomic mass is 35.5. The van der Waals surface area contributed by atoms with Gasteiger partial charge in [-0.15, -0.1) is 0 Å². The Morgan fingerprint density at radius 1 is 1.45 bits per heavy atom. The van der Waals surface area contributed by atoms with Gasteiger partial charge in [0.15, 0.2) is 0 Å². The number of nitrogen functional groups attached to an aromatic ring is 1. The third-order valence-corrected chi connectivity index (χ3v) is 4.56. The number of hydrogen-bond donors (Lipinski definition) is 1. The maximum absolute atomic E-state index is 12.5. The van der Waals surface area contributed by atoms with E-state index < -0.39 is 0 Å². The number of likely N-dealkylation sites (tertiary alicyclic amines) is 1. The lowest BCUT2D eigenvalue weighted by Crippen LogP contribution is -2.49. The van der Waals surface area contributed by atoms with Gasteiger partial charge in [-0.05, 0) is 31.9 Å². The van der Waals surface area contributed by atoms with Crippen molar-refractivity contribution < 1.29 is 9.53 Å². The molecule has 0 aliphatic carbocycles. The minimum atomic E-state index is -0.296. The number of halogens is 2. The largest absolute Gasteiger partial charge is 0.397 e. The molecule has 1 aromatic rings. The number of ether oxygens (including phenoxy) is 1. The summed E-state index contributed by atoms with van der Waals surface area (Å²) in [6.07, 6.45) is 1.85. The number of piperidine rings is 1. The molecule has 4 nitrogen and oxygen atoms in total. The van der Waals surface area contributed by atoms with E-state index in [4.69, 9.17) is 33.7 Å². The van der Waals surface area contributed by atoms with Gasteiger partial charge in [-0.1, -0.05) is 23.2 Å². The van der Waals surface area contributed by atoms with Crippen LogP contribution in [0.15, 0.2) is 12.1 Å². The van der Waals surface area contributed by atoms with Crippen molar-refractivity contribution in [2.24, 2.45) is 0 Å². The molecule has 20 heavy (non-hydrogen) atoms. The zero-order valence-corrected chi connectivity index (χ0v) is 13.1. The van der Waals surface area contributed by atoms with E-state index in [1.807, 2.05) is 6.92 Å². The number of nitrogens with zero attached hydrogens (tertiary/aromatic N) is 1. The molecule has 110 valence electrons. The van der Waals surface area contributed by atoms with E-state index in [2.05, 4.69) is 0 Å². The van der Waals surface area contributed by atoms with Crippen LogP contribution in [0.4, 0.5) is 5.69 Å². The molecule has 1 amide bonds. The molecule has 2 N–H and O–H groups in total. The van der Waals surface area contributed by atoms with Gasteiger partial charge < -0.3 is 15.4 Å². The van der Waals surface area contributed by atoms with Crippen LogP contribution in [0.1, 0.15) is 30.1 Å². The van der Waals surface area contributed by atoms with Crippen LogP contribution in [0.25, 0.3) is 0 Å². The molecule has 1 atom stereocenters. The minimum absolute atomic E-state index is 0.0989. The molecular weight excluding hydrogens is 299 g/mol. The molecule has 0 spiro atoms. The van der Waals surface area contributed by atoms with Gasteiger partial charge in [-0.25, -0.2) is 0 Å². The molecule has 1 aliphatic heterocycles. The number of nitrogens with two attached hydrogens (primary N) is 1. The van der Waals surface area contributed by atoms with Gasteiger partial charge >= 0.3 is 0 Å². The van der Waals surface area contributed by atoms with Crippen LogP contribution >= 0.6 is 23.2 Å². The van der Waals surface area contributed by atoms with E-state index in [9.17, 15) is 4.79 Å². The fraction of sp³-hybridized carbons (Fsp3) is 0.500. The zero-order chi connectivity index (χ0) is 14.9. The predicted molar refractivity (Wildman–Crippen MR) is 81.4 cm³/mol. The predicted octanol–water partition coefficient (Wildman–Crippen LogP) is 3.22. The minimum Gasteiger partial charge on any atom is -0.397 e. The van der Waals surface area contributed by atoms with Gasteiger partial charge in [0.25, 0.3) is 5.91 Å². The molecule has 1 aromatic carbocycles. The van der Waals surface area contributed by atoms with Crippen LogP contribution in [-0.2, 0) is 4.74 Å². The van der Waals surface area contributed by atoms with Gasteiger partial charge in [0, 0.05) is 25.8 Å². The summed E-state index contributed by atoms with van der Waals surface area (Å²) < 4.78 is 5.50. The molecular formula is C14H18Cl2N2O2. The number of hydrogen-bond acceptors (Lipinski definition) is 3. The summed E-state index contributed by atoms with van der Waals surface area (Å²) >= 11 is 11.9. The maximum Gasteiger partial charge on any atom is 0.254 e. The number of rotatable bonds is 2. The van der Waals surface area contributed by atoms with Gasteiger partial charge in [-0.3, -0.25) is 4.79 Å². The summed E-state index contributed by atoms with van der Waals surface area (Å²) in [6.45, 7) is 3.27. The molecule has 0 saturated carbocycles. The summed E-state index contributed by atoms with van der Waals surface area (Å²) in [5, 5.41) is 0.574. The van der Waals surface area contributed by atoms with Crippen LogP contribution in [0.5, 0.6) is 0 Å². The average molecular weight is 317 g/mol. The van der Waals surface area contributed by atoms with E-state index in [1.165, 1.54) is 0 Å². The Labute approximate surface area is 128 Å². The quantitative estimate of drug-likeness (QED) is 0.852. The molecule has 1 unspecified atom stereocenters. The summed E-state index contributed by atoms with van der Waals surface area (Å²) in [6, 6.07) is 3.12. The highest BCUT2D eigenvalue weighted by Crippen LogP contribution is 2.31. The molecule has 0 bridgehead atoms. The monoisotopic (exact) mass is 316 g/mol. The first kappa shape index (κ1) is 15.4. The number of carbonyl (C=O) groups excluding carboxylic acids is 1. The van der Waals surface area contributed by atoms with Crippen LogP contribution in [0, 0.1) is 0 Å². The Balaban J connectivity index is 2.23.